The monoisotopic (exact) mass is 676 g/mol. The van der Waals surface area contributed by atoms with Gasteiger partial charge in [-0.2, -0.15) is 0 Å². The predicted molar refractivity (Wildman–Crippen MR) is 230 cm³/mol. The molecule has 0 radical (unpaired) electrons. The Balaban J connectivity index is 1.14. The molecule has 11 rings (SSSR count). The van der Waals surface area contributed by atoms with Gasteiger partial charge in [-0.25, -0.2) is 0 Å². The summed E-state index contributed by atoms with van der Waals surface area (Å²) in [6.07, 6.45) is 0. The molecule has 0 heterocycles. The van der Waals surface area contributed by atoms with E-state index in [9.17, 15) is 0 Å². The van der Waals surface area contributed by atoms with Crippen LogP contribution in [0.2, 0.25) is 0 Å². The molecular formula is C53H40. The van der Waals surface area contributed by atoms with Crippen molar-refractivity contribution in [1.29, 1.82) is 0 Å². The fourth-order valence-electron chi connectivity index (χ4n) is 10.0. The average Bonchev–Trinajstić information content (AvgIpc) is 3.40. The molecule has 10 aromatic rings. The van der Waals surface area contributed by atoms with Gasteiger partial charge in [0.15, 0.2) is 0 Å². The Hall–Kier alpha value is -5.98. The molecule has 0 fully saturated rings. The van der Waals surface area contributed by atoms with Crippen molar-refractivity contribution in [3.8, 4) is 33.4 Å². The summed E-state index contributed by atoms with van der Waals surface area (Å²) in [5.74, 6) is 0. The quantitative estimate of drug-likeness (QED) is 0.126. The van der Waals surface area contributed by atoms with Gasteiger partial charge in [0.25, 0.3) is 0 Å². The minimum absolute atomic E-state index is 0.0547. The number of benzene rings is 10. The Morgan fingerprint density at radius 3 is 1.79 bits per heavy atom. The molecule has 0 heteroatoms. The summed E-state index contributed by atoms with van der Waals surface area (Å²) in [5.41, 5.74) is 12.0. The Bertz CT molecular complexity index is 3150. The van der Waals surface area contributed by atoms with Gasteiger partial charge in [-0.1, -0.05) is 162 Å². The van der Waals surface area contributed by atoms with E-state index < -0.39 is 0 Å². The van der Waals surface area contributed by atoms with E-state index in [0.717, 1.165) is 0 Å². The number of hydrogen-bond donors (Lipinski definition) is 0. The van der Waals surface area contributed by atoms with E-state index in [1.54, 1.807) is 0 Å². The summed E-state index contributed by atoms with van der Waals surface area (Å²) < 4.78 is 0. The zero-order valence-electron chi connectivity index (χ0n) is 30.9. The van der Waals surface area contributed by atoms with Crippen molar-refractivity contribution < 1.29 is 0 Å². The van der Waals surface area contributed by atoms with Crippen LogP contribution in [0.15, 0.2) is 152 Å². The van der Waals surface area contributed by atoms with Gasteiger partial charge in [0.05, 0.1) is 0 Å². The van der Waals surface area contributed by atoms with Gasteiger partial charge in [-0.3, -0.25) is 0 Å². The lowest BCUT2D eigenvalue weighted by atomic mass is 9.77. The van der Waals surface area contributed by atoms with E-state index in [1.807, 2.05) is 0 Å². The maximum atomic E-state index is 2.49. The lowest BCUT2D eigenvalue weighted by Crippen LogP contribution is -2.15. The molecule has 0 amide bonds. The third kappa shape index (κ3) is 4.24. The summed E-state index contributed by atoms with van der Waals surface area (Å²) in [4.78, 5) is 0. The molecule has 0 unspecified atom stereocenters. The smallest absolute Gasteiger partial charge is 0.0159 e. The van der Waals surface area contributed by atoms with Crippen LogP contribution >= 0.6 is 0 Å². The van der Waals surface area contributed by atoms with E-state index in [-0.39, 0.29) is 10.8 Å². The van der Waals surface area contributed by atoms with Crippen molar-refractivity contribution >= 4 is 64.6 Å². The van der Waals surface area contributed by atoms with E-state index in [2.05, 4.69) is 186 Å². The molecular weight excluding hydrogens is 637 g/mol. The third-order valence-electron chi connectivity index (χ3n) is 12.4. The van der Waals surface area contributed by atoms with Gasteiger partial charge in [-0.05, 0) is 144 Å². The van der Waals surface area contributed by atoms with Crippen LogP contribution in [0.5, 0.6) is 0 Å². The van der Waals surface area contributed by atoms with E-state index in [0.29, 0.717) is 0 Å². The van der Waals surface area contributed by atoms with E-state index in [4.69, 9.17) is 0 Å². The van der Waals surface area contributed by atoms with Crippen LogP contribution in [0.4, 0.5) is 0 Å². The van der Waals surface area contributed by atoms with Crippen molar-refractivity contribution in [2.24, 2.45) is 0 Å². The Morgan fingerprint density at radius 1 is 0.377 bits per heavy atom. The summed E-state index contributed by atoms with van der Waals surface area (Å²) in [7, 11) is 0. The first-order valence-electron chi connectivity index (χ1n) is 19.0. The van der Waals surface area contributed by atoms with Crippen molar-refractivity contribution in [1.82, 2.24) is 0 Å². The maximum Gasteiger partial charge on any atom is 0.0159 e. The van der Waals surface area contributed by atoms with Crippen molar-refractivity contribution in [3.05, 3.63) is 168 Å². The van der Waals surface area contributed by atoms with E-state index >= 15 is 0 Å². The summed E-state index contributed by atoms with van der Waals surface area (Å²) in [6.45, 7) is 11.9. The van der Waals surface area contributed by atoms with Crippen LogP contribution in [-0.4, -0.2) is 0 Å². The van der Waals surface area contributed by atoms with Crippen molar-refractivity contribution in [2.75, 3.05) is 0 Å². The fraction of sp³-hybridized carbons (Fsp3) is 0.132. The zero-order valence-corrected chi connectivity index (χ0v) is 30.9. The molecule has 0 spiro atoms. The highest BCUT2D eigenvalue weighted by Crippen LogP contribution is 2.54. The molecule has 0 saturated carbocycles. The van der Waals surface area contributed by atoms with Crippen LogP contribution in [-0.2, 0) is 10.8 Å². The van der Waals surface area contributed by atoms with E-state index in [1.165, 1.54) is 115 Å². The topological polar surface area (TPSA) is 0 Å². The highest BCUT2D eigenvalue weighted by atomic mass is 14.4. The molecule has 0 atom stereocenters. The molecule has 0 nitrogen and oxygen atoms in total. The SMILES string of the molecule is CC(C)(C)c1c2ccccc2c(-c2ccc3ccccc3c2)c2ccc(-c3ccc4c(c3)C(C)(C)c3cc5ccc6cccc7ccc(c3-4)c5c67)cc12. The van der Waals surface area contributed by atoms with Gasteiger partial charge >= 0.3 is 0 Å². The van der Waals surface area contributed by atoms with Gasteiger partial charge < -0.3 is 0 Å². The highest BCUT2D eigenvalue weighted by molar-refractivity contribution is 6.26. The normalized spacial score (nSPS) is 13.9. The zero-order chi connectivity index (χ0) is 35.8. The summed E-state index contributed by atoms with van der Waals surface area (Å²) in [6, 6.07) is 57.7. The minimum atomic E-state index is -0.127. The van der Waals surface area contributed by atoms with Gasteiger partial charge in [0, 0.05) is 5.41 Å². The van der Waals surface area contributed by atoms with Crippen molar-refractivity contribution in [3.63, 3.8) is 0 Å². The van der Waals surface area contributed by atoms with Crippen LogP contribution < -0.4 is 0 Å². The summed E-state index contributed by atoms with van der Waals surface area (Å²) in [5, 5.41) is 16.0. The number of hydrogen-bond acceptors (Lipinski definition) is 0. The van der Waals surface area contributed by atoms with Crippen molar-refractivity contribution in [2.45, 2.75) is 45.4 Å². The molecule has 252 valence electrons. The van der Waals surface area contributed by atoms with Gasteiger partial charge in [0.1, 0.15) is 0 Å². The van der Waals surface area contributed by atoms with Gasteiger partial charge in [-0.15, -0.1) is 0 Å². The minimum Gasteiger partial charge on any atom is -0.0616 e. The molecule has 0 saturated heterocycles. The molecule has 1 aliphatic rings. The molecule has 10 aromatic carbocycles. The predicted octanol–water partition coefficient (Wildman–Crippen LogP) is 15.0. The third-order valence-corrected chi connectivity index (χ3v) is 12.4. The average molecular weight is 677 g/mol. The lowest BCUT2D eigenvalue weighted by molar-refractivity contribution is 0.601. The Morgan fingerprint density at radius 2 is 0.981 bits per heavy atom. The van der Waals surface area contributed by atoms with Crippen LogP contribution in [0, 0.1) is 0 Å². The number of fused-ring (bicyclic) bond motifs is 7. The van der Waals surface area contributed by atoms with Crippen LogP contribution in [0.25, 0.3) is 98.0 Å². The molecule has 53 heavy (non-hydrogen) atoms. The first-order chi connectivity index (χ1) is 25.7. The molecule has 0 bridgehead atoms. The first-order valence-corrected chi connectivity index (χ1v) is 19.0. The standard InChI is InChI=1S/C53H40/c1-52(2,3)51-41-16-9-8-15-39(41)48(37-19-17-31-11-6-7-12-34(31)27-37)40-24-22-35(28-44(40)51)36-23-25-42-45(29-36)53(4,5)46-30-38-20-18-32-13-10-14-33-21-26-43(50(42)46)49(38)47(32)33/h6-30H,1-5H3. The van der Waals surface area contributed by atoms with Crippen LogP contribution in [0.1, 0.15) is 51.3 Å². The summed E-state index contributed by atoms with van der Waals surface area (Å²) >= 11 is 0. The highest BCUT2D eigenvalue weighted by Gasteiger charge is 2.37. The Labute approximate surface area is 310 Å². The van der Waals surface area contributed by atoms with Gasteiger partial charge in [0.2, 0.25) is 0 Å². The number of rotatable bonds is 2. The molecule has 0 aliphatic heterocycles. The second-order valence-electron chi connectivity index (χ2n) is 16.9. The first kappa shape index (κ1) is 30.6. The second-order valence-corrected chi connectivity index (χ2v) is 16.9. The molecule has 1 aliphatic carbocycles. The lowest BCUT2D eigenvalue weighted by Gasteiger charge is -2.27. The maximum absolute atomic E-state index is 2.49. The second kappa shape index (κ2) is 10.6. The Kier molecular flexibility index (Phi) is 6.10. The fourth-order valence-corrected chi connectivity index (χ4v) is 10.0. The largest absolute Gasteiger partial charge is 0.0616 e. The molecule has 0 aromatic heterocycles. The molecule has 0 N–H and O–H groups in total. The van der Waals surface area contributed by atoms with Crippen LogP contribution in [0.3, 0.4) is 0 Å².